The molecule has 2 aliphatic heterocycles. The number of carbonyl (C=O) groups is 2. The molecule has 9 heteroatoms. The van der Waals surface area contributed by atoms with Crippen LogP contribution in [0.4, 0.5) is 0 Å². The van der Waals surface area contributed by atoms with Crippen molar-refractivity contribution < 1.29 is 18.7 Å². The predicted molar refractivity (Wildman–Crippen MR) is 114 cm³/mol. The van der Waals surface area contributed by atoms with Crippen molar-refractivity contribution in [1.29, 1.82) is 0 Å². The Kier molecular flexibility index (Phi) is 6.40. The maximum Gasteiger partial charge on any atom is 0.247 e. The molecule has 0 bridgehead atoms. The Balaban J connectivity index is 0.00000256. The highest BCUT2D eigenvalue weighted by Gasteiger charge is 2.54. The minimum absolute atomic E-state index is 0. The second-order valence-corrected chi connectivity index (χ2v) is 8.55. The van der Waals surface area contributed by atoms with Gasteiger partial charge in [-0.2, -0.15) is 0 Å². The summed E-state index contributed by atoms with van der Waals surface area (Å²) >= 11 is 0. The predicted octanol–water partition coefficient (Wildman–Crippen LogP) is 2.39. The highest BCUT2D eigenvalue weighted by atomic mass is 35.5. The van der Waals surface area contributed by atoms with Gasteiger partial charge < -0.3 is 24.7 Å². The molecule has 0 aliphatic carbocycles. The van der Waals surface area contributed by atoms with E-state index in [4.69, 9.17) is 9.15 Å². The zero-order valence-electron chi connectivity index (χ0n) is 17.7. The Labute approximate surface area is 182 Å². The number of likely N-dealkylation sites (N-methyl/N-ethyl adjacent to an activating group) is 1. The van der Waals surface area contributed by atoms with Crippen LogP contribution >= 0.6 is 12.4 Å². The fraction of sp³-hybridized carbons (Fsp3) is 0.571. The van der Waals surface area contributed by atoms with Crippen molar-refractivity contribution in [3.63, 3.8) is 0 Å². The minimum Gasteiger partial charge on any atom is -0.438 e. The first kappa shape index (κ1) is 22.5. The second-order valence-electron chi connectivity index (χ2n) is 8.55. The first-order chi connectivity index (χ1) is 13.8. The summed E-state index contributed by atoms with van der Waals surface area (Å²) in [6, 6.07) is 6.18. The van der Waals surface area contributed by atoms with Crippen LogP contribution in [0.1, 0.15) is 45.5 Å². The largest absolute Gasteiger partial charge is 0.438 e. The van der Waals surface area contributed by atoms with Crippen molar-refractivity contribution in [2.45, 2.75) is 58.0 Å². The van der Waals surface area contributed by atoms with Crippen LogP contribution in [0.5, 0.6) is 0 Å². The number of carbonyl (C=O) groups excluding carboxylic acids is 2. The first-order valence-electron chi connectivity index (χ1n) is 10.1. The monoisotopic (exact) mass is 436 g/mol. The molecule has 2 N–H and O–H groups in total. The number of ether oxygens (including phenoxy) is 1. The summed E-state index contributed by atoms with van der Waals surface area (Å²) in [5.74, 6) is 0.148. The number of oxazole rings is 1. The van der Waals surface area contributed by atoms with Gasteiger partial charge in [-0.25, -0.2) is 4.98 Å². The average Bonchev–Trinajstić information content (AvgIpc) is 3.18. The Morgan fingerprint density at radius 1 is 1.33 bits per heavy atom. The second kappa shape index (κ2) is 8.53. The van der Waals surface area contributed by atoms with Gasteiger partial charge in [0.25, 0.3) is 0 Å². The molecule has 2 unspecified atom stereocenters. The topological polar surface area (TPSA) is 96.7 Å². The lowest BCUT2D eigenvalue weighted by Crippen LogP contribution is -2.53. The van der Waals surface area contributed by atoms with Gasteiger partial charge in [-0.15, -0.1) is 12.4 Å². The molecule has 1 aromatic carbocycles. The van der Waals surface area contributed by atoms with E-state index in [2.05, 4.69) is 29.5 Å². The van der Waals surface area contributed by atoms with Gasteiger partial charge in [-0.1, -0.05) is 26.0 Å². The van der Waals surface area contributed by atoms with Crippen LogP contribution in [-0.2, 0) is 14.3 Å². The van der Waals surface area contributed by atoms with Gasteiger partial charge in [0, 0.05) is 6.42 Å². The molecule has 8 nitrogen and oxygen atoms in total. The summed E-state index contributed by atoms with van der Waals surface area (Å²) in [6.45, 7) is 6.35. The number of nitrogens with zero attached hydrogens (tertiary/aromatic N) is 2. The van der Waals surface area contributed by atoms with Crippen molar-refractivity contribution in [1.82, 2.24) is 20.5 Å². The lowest BCUT2D eigenvalue weighted by atomic mass is 9.84. The molecule has 2 fully saturated rings. The quantitative estimate of drug-likeness (QED) is 0.763. The number of rotatable bonds is 4. The fourth-order valence-electron chi connectivity index (χ4n) is 4.26. The third-order valence-corrected chi connectivity index (χ3v) is 5.99. The van der Waals surface area contributed by atoms with Crippen LogP contribution in [0.25, 0.3) is 11.1 Å². The molecule has 0 spiro atoms. The number of amides is 2. The van der Waals surface area contributed by atoms with Crippen molar-refractivity contribution in [3.8, 4) is 0 Å². The van der Waals surface area contributed by atoms with Gasteiger partial charge in [0.1, 0.15) is 23.8 Å². The molecule has 4 atom stereocenters. The van der Waals surface area contributed by atoms with Crippen molar-refractivity contribution in [3.05, 3.63) is 30.2 Å². The van der Waals surface area contributed by atoms with Crippen LogP contribution in [0.15, 0.2) is 28.7 Å². The van der Waals surface area contributed by atoms with Crippen LogP contribution in [0.3, 0.4) is 0 Å². The van der Waals surface area contributed by atoms with Gasteiger partial charge in [0.05, 0.1) is 12.6 Å². The lowest BCUT2D eigenvalue weighted by Gasteiger charge is -2.32. The first-order valence-corrected chi connectivity index (χ1v) is 10.1. The number of benzene rings is 1. The van der Waals surface area contributed by atoms with E-state index >= 15 is 0 Å². The number of para-hydroxylation sites is 2. The van der Waals surface area contributed by atoms with Crippen molar-refractivity contribution in [2.24, 2.45) is 5.41 Å². The molecule has 3 heterocycles. The van der Waals surface area contributed by atoms with Gasteiger partial charge >= 0.3 is 0 Å². The molecule has 1 aromatic heterocycles. The molecule has 2 aromatic rings. The third kappa shape index (κ3) is 3.91. The van der Waals surface area contributed by atoms with Crippen molar-refractivity contribution >= 4 is 35.3 Å². The number of hydrogen-bond donors (Lipinski definition) is 2. The lowest BCUT2D eigenvalue weighted by molar-refractivity contribution is -0.145. The minimum atomic E-state index is -0.635. The standard InChI is InChI=1S/C21H28N4O4.ClH/c1-12(22-4)18(26)23-14-9-10-28-16-11-21(2,3)17(25(16)20(14)27)19-24-13-7-5-6-8-15(13)29-19;/h5-8,12,14,16-17,22H,9-11H2,1-4H3,(H,23,26);1H/t12?,14-,16-,17?;/m0./s1. The summed E-state index contributed by atoms with van der Waals surface area (Å²) in [7, 11) is 1.71. The zero-order valence-corrected chi connectivity index (χ0v) is 18.5. The van der Waals surface area contributed by atoms with E-state index in [9.17, 15) is 9.59 Å². The van der Waals surface area contributed by atoms with Gasteiger partial charge in [-0.3, -0.25) is 9.59 Å². The molecule has 4 rings (SSSR count). The van der Waals surface area contributed by atoms with E-state index in [1.165, 1.54) is 0 Å². The molecule has 0 saturated carbocycles. The summed E-state index contributed by atoms with van der Waals surface area (Å²) in [6.07, 6.45) is 0.755. The molecule has 2 saturated heterocycles. The molecular formula is C21H29ClN4O4. The fourth-order valence-corrected chi connectivity index (χ4v) is 4.26. The van der Waals surface area contributed by atoms with Crippen LogP contribution in [0.2, 0.25) is 0 Å². The van der Waals surface area contributed by atoms with E-state index < -0.39 is 6.04 Å². The van der Waals surface area contributed by atoms with Gasteiger partial charge in [0.15, 0.2) is 5.58 Å². The van der Waals surface area contributed by atoms with Crippen molar-refractivity contribution in [2.75, 3.05) is 13.7 Å². The Hall–Kier alpha value is -2.16. The smallest absolute Gasteiger partial charge is 0.247 e. The Bertz CT molecular complexity index is 898. The van der Waals surface area contributed by atoms with Crippen LogP contribution < -0.4 is 10.6 Å². The number of hydrogen-bond acceptors (Lipinski definition) is 6. The van der Waals surface area contributed by atoms with E-state index in [1.807, 2.05) is 24.3 Å². The van der Waals surface area contributed by atoms with E-state index in [1.54, 1.807) is 18.9 Å². The SMILES string of the molecule is CNC(C)C(=O)N[C@H]1CCO[C@H]2CC(C)(C)C(c3nc4ccccc4o3)N2C1=O.Cl. The molecule has 2 amide bonds. The average molecular weight is 437 g/mol. The highest BCUT2D eigenvalue weighted by Crippen LogP contribution is 2.51. The molecular weight excluding hydrogens is 408 g/mol. The maximum absolute atomic E-state index is 13.5. The number of aromatic nitrogens is 1. The molecule has 2 aliphatic rings. The van der Waals surface area contributed by atoms with E-state index in [-0.39, 0.29) is 47.9 Å². The molecule has 164 valence electrons. The number of nitrogens with one attached hydrogen (secondary N) is 2. The normalized spacial score (nSPS) is 26.6. The summed E-state index contributed by atoms with van der Waals surface area (Å²) in [5.41, 5.74) is 1.17. The Morgan fingerprint density at radius 3 is 2.77 bits per heavy atom. The van der Waals surface area contributed by atoms with Crippen LogP contribution in [0, 0.1) is 5.41 Å². The third-order valence-electron chi connectivity index (χ3n) is 5.99. The highest BCUT2D eigenvalue weighted by molar-refractivity contribution is 5.90. The molecule has 0 radical (unpaired) electrons. The van der Waals surface area contributed by atoms with Gasteiger partial charge in [-0.05, 0) is 37.9 Å². The van der Waals surface area contributed by atoms with Crippen LogP contribution in [-0.4, -0.2) is 53.7 Å². The maximum atomic E-state index is 13.5. The van der Waals surface area contributed by atoms with E-state index in [0.29, 0.717) is 30.9 Å². The summed E-state index contributed by atoms with van der Waals surface area (Å²) in [4.78, 5) is 32.3. The van der Waals surface area contributed by atoms with E-state index in [0.717, 1.165) is 5.52 Å². The zero-order chi connectivity index (χ0) is 20.8. The Morgan fingerprint density at radius 2 is 2.07 bits per heavy atom. The summed E-state index contributed by atoms with van der Waals surface area (Å²) < 4.78 is 12.1. The van der Waals surface area contributed by atoms with Gasteiger partial charge in [0.2, 0.25) is 17.7 Å². The molecule has 30 heavy (non-hydrogen) atoms. The number of halogens is 1. The number of fused-ring (bicyclic) bond motifs is 2. The summed E-state index contributed by atoms with van der Waals surface area (Å²) in [5, 5.41) is 5.77.